The van der Waals surface area contributed by atoms with Gasteiger partial charge in [-0.05, 0) is 40.0 Å². The van der Waals surface area contributed by atoms with Gasteiger partial charge in [0.2, 0.25) is 0 Å². The Morgan fingerprint density at radius 1 is 1.16 bits per heavy atom. The maximum atomic E-state index is 4.53. The first-order chi connectivity index (χ1) is 9.24. The normalized spacial score (nSPS) is 11.2. The summed E-state index contributed by atoms with van der Waals surface area (Å²) in [5.74, 6) is 0. The van der Waals surface area contributed by atoms with E-state index in [1.807, 2.05) is 13.2 Å². The molecule has 1 rings (SSSR count). The molecule has 0 bridgehead atoms. The minimum Gasteiger partial charge on any atom is -0.348 e. The average molecular weight is 284 g/mol. The lowest BCUT2D eigenvalue weighted by molar-refractivity contribution is 0.301. The third kappa shape index (κ3) is 5.47. The van der Waals surface area contributed by atoms with Crippen molar-refractivity contribution >= 4 is 16.5 Å². The van der Waals surface area contributed by atoms with Crippen LogP contribution >= 0.6 is 11.3 Å². The molecule has 1 heterocycles. The van der Waals surface area contributed by atoms with Gasteiger partial charge in [-0.25, -0.2) is 4.98 Å². The Balaban J connectivity index is 2.43. The third-order valence-corrected chi connectivity index (χ3v) is 4.40. The first-order valence-corrected chi connectivity index (χ1v) is 8.13. The zero-order valence-corrected chi connectivity index (χ0v) is 13.6. The van der Waals surface area contributed by atoms with Gasteiger partial charge in [0.15, 0.2) is 5.13 Å². The van der Waals surface area contributed by atoms with Gasteiger partial charge in [0.05, 0.1) is 0 Å². The summed E-state index contributed by atoms with van der Waals surface area (Å²) in [5, 5.41) is 4.33. The third-order valence-electron chi connectivity index (χ3n) is 3.34. The molecule has 19 heavy (non-hydrogen) atoms. The van der Waals surface area contributed by atoms with Crippen molar-refractivity contribution in [3.8, 4) is 0 Å². The van der Waals surface area contributed by atoms with Crippen molar-refractivity contribution in [3.05, 3.63) is 11.1 Å². The molecule has 0 saturated heterocycles. The number of aromatic nitrogens is 1. The smallest absolute Gasteiger partial charge is 0.185 e. The Morgan fingerprint density at radius 2 is 1.89 bits per heavy atom. The van der Waals surface area contributed by atoms with Crippen LogP contribution in [0, 0.1) is 0 Å². The van der Waals surface area contributed by atoms with Gasteiger partial charge in [0.25, 0.3) is 0 Å². The van der Waals surface area contributed by atoms with E-state index in [1.54, 1.807) is 11.3 Å². The molecule has 0 amide bonds. The molecule has 0 atom stereocenters. The molecule has 0 fully saturated rings. The number of nitrogens with one attached hydrogen (secondary N) is 1. The second-order valence-electron chi connectivity index (χ2n) is 4.60. The van der Waals surface area contributed by atoms with Crippen LogP contribution in [0.15, 0.2) is 6.20 Å². The molecule has 110 valence electrons. The quantitative estimate of drug-likeness (QED) is 0.715. The topological polar surface area (TPSA) is 31.4 Å². The zero-order chi connectivity index (χ0) is 14.1. The first-order valence-electron chi connectivity index (χ1n) is 7.31. The fourth-order valence-corrected chi connectivity index (χ4v) is 3.12. The van der Waals surface area contributed by atoms with Crippen LogP contribution in [0.4, 0.5) is 5.13 Å². The van der Waals surface area contributed by atoms with Gasteiger partial charge < -0.3 is 15.1 Å². The van der Waals surface area contributed by atoms with Crippen LogP contribution in [0.1, 0.15) is 32.1 Å². The Kier molecular flexibility index (Phi) is 8.02. The minimum atomic E-state index is 0.911. The molecule has 0 unspecified atom stereocenters. The minimum absolute atomic E-state index is 0.911. The number of hydrogen-bond donors (Lipinski definition) is 1. The Hall–Kier alpha value is -0.650. The molecular formula is C14H28N4S. The molecule has 0 radical (unpaired) electrons. The molecule has 1 aromatic rings. The fourth-order valence-electron chi connectivity index (χ4n) is 2.11. The van der Waals surface area contributed by atoms with E-state index in [9.17, 15) is 0 Å². The molecule has 0 saturated carbocycles. The molecule has 0 aliphatic heterocycles. The fraction of sp³-hybridized carbons (Fsp3) is 0.786. The molecule has 0 aromatic carbocycles. The summed E-state index contributed by atoms with van der Waals surface area (Å²) in [4.78, 5) is 10.7. The van der Waals surface area contributed by atoms with Crippen molar-refractivity contribution in [2.45, 2.75) is 33.7 Å². The van der Waals surface area contributed by atoms with E-state index < -0.39 is 0 Å². The highest BCUT2D eigenvalue weighted by atomic mass is 32.1. The first kappa shape index (κ1) is 16.4. The van der Waals surface area contributed by atoms with Crippen LogP contribution in [-0.2, 0) is 6.54 Å². The Morgan fingerprint density at radius 3 is 2.47 bits per heavy atom. The largest absolute Gasteiger partial charge is 0.348 e. The number of hydrogen-bond acceptors (Lipinski definition) is 5. The van der Waals surface area contributed by atoms with Crippen LogP contribution in [0.2, 0.25) is 0 Å². The lowest BCUT2D eigenvalue weighted by atomic mass is 10.3. The predicted molar refractivity (Wildman–Crippen MR) is 85.2 cm³/mol. The van der Waals surface area contributed by atoms with Crippen molar-refractivity contribution < 1.29 is 0 Å². The molecule has 0 spiro atoms. The van der Waals surface area contributed by atoms with E-state index in [4.69, 9.17) is 0 Å². The van der Waals surface area contributed by atoms with Crippen molar-refractivity contribution in [2.24, 2.45) is 0 Å². The molecule has 4 nitrogen and oxygen atoms in total. The van der Waals surface area contributed by atoms with E-state index in [2.05, 4.69) is 40.9 Å². The second kappa shape index (κ2) is 9.28. The lowest BCUT2D eigenvalue weighted by Crippen LogP contribution is -2.29. The summed E-state index contributed by atoms with van der Waals surface area (Å²) in [6.45, 7) is 13.2. The van der Waals surface area contributed by atoms with Crippen molar-refractivity contribution in [1.82, 2.24) is 15.2 Å². The van der Waals surface area contributed by atoms with Gasteiger partial charge >= 0.3 is 0 Å². The SMILES string of the molecule is CCN(CC)CCCN(CC)c1ncc(CNC)s1. The lowest BCUT2D eigenvalue weighted by Gasteiger charge is -2.23. The van der Waals surface area contributed by atoms with Crippen molar-refractivity contribution in [2.75, 3.05) is 44.7 Å². The molecule has 1 N–H and O–H groups in total. The summed E-state index contributed by atoms with van der Waals surface area (Å²) in [6, 6.07) is 0. The maximum Gasteiger partial charge on any atom is 0.185 e. The van der Waals surface area contributed by atoms with Crippen LogP contribution in [0.25, 0.3) is 0 Å². The summed E-state index contributed by atoms with van der Waals surface area (Å²) >= 11 is 1.80. The molecule has 1 aromatic heterocycles. The highest BCUT2D eigenvalue weighted by molar-refractivity contribution is 7.15. The standard InChI is InChI=1S/C14H28N4S/c1-5-17(6-2)9-8-10-18(7-3)14-16-12-13(19-14)11-15-4/h12,15H,5-11H2,1-4H3. The number of rotatable bonds is 10. The predicted octanol–water partition coefficient (Wildman–Crippen LogP) is 2.42. The van der Waals surface area contributed by atoms with Gasteiger partial charge in [0.1, 0.15) is 0 Å². The number of thiazole rings is 1. The van der Waals surface area contributed by atoms with Gasteiger partial charge in [-0.3, -0.25) is 0 Å². The van der Waals surface area contributed by atoms with Gasteiger partial charge in [0, 0.05) is 30.7 Å². The summed E-state index contributed by atoms with van der Waals surface area (Å²) in [6.07, 6.45) is 3.19. The van der Waals surface area contributed by atoms with E-state index >= 15 is 0 Å². The van der Waals surface area contributed by atoms with Crippen LogP contribution in [0.3, 0.4) is 0 Å². The Bertz CT molecular complexity index is 336. The summed E-state index contributed by atoms with van der Waals surface area (Å²) in [7, 11) is 1.97. The second-order valence-corrected chi connectivity index (χ2v) is 5.69. The van der Waals surface area contributed by atoms with Gasteiger partial charge in [-0.1, -0.05) is 13.8 Å². The van der Waals surface area contributed by atoms with Gasteiger partial charge in [-0.2, -0.15) is 0 Å². The van der Waals surface area contributed by atoms with Crippen LogP contribution in [-0.4, -0.2) is 49.7 Å². The highest BCUT2D eigenvalue weighted by Crippen LogP contribution is 2.22. The van der Waals surface area contributed by atoms with E-state index in [-0.39, 0.29) is 0 Å². The van der Waals surface area contributed by atoms with Crippen molar-refractivity contribution in [1.29, 1.82) is 0 Å². The molecule has 0 aliphatic rings. The number of nitrogens with zero attached hydrogens (tertiary/aromatic N) is 3. The molecule has 0 aliphatic carbocycles. The van der Waals surface area contributed by atoms with E-state index in [1.165, 1.54) is 17.8 Å². The van der Waals surface area contributed by atoms with E-state index in [0.29, 0.717) is 0 Å². The molecule has 5 heteroatoms. The summed E-state index contributed by atoms with van der Waals surface area (Å²) < 4.78 is 0. The van der Waals surface area contributed by atoms with Crippen LogP contribution in [0.5, 0.6) is 0 Å². The average Bonchev–Trinajstić information content (AvgIpc) is 2.88. The maximum absolute atomic E-state index is 4.53. The monoisotopic (exact) mass is 284 g/mol. The highest BCUT2D eigenvalue weighted by Gasteiger charge is 2.09. The van der Waals surface area contributed by atoms with Crippen molar-refractivity contribution in [3.63, 3.8) is 0 Å². The zero-order valence-electron chi connectivity index (χ0n) is 12.8. The Labute approximate surface area is 121 Å². The van der Waals surface area contributed by atoms with Crippen LogP contribution < -0.4 is 10.2 Å². The summed E-state index contributed by atoms with van der Waals surface area (Å²) in [5.41, 5.74) is 0. The number of anilines is 1. The molecular weight excluding hydrogens is 256 g/mol. The van der Waals surface area contributed by atoms with Gasteiger partial charge in [-0.15, -0.1) is 11.3 Å². The van der Waals surface area contributed by atoms with E-state index in [0.717, 1.165) is 37.9 Å².